The standard InChI is InChI=1S/C20H21N3O3S/c1-13-4-6-14(7-5-13)20(2)18(25)23(19(26)22-20)12-17(24)21-15-8-10-16(27-3)11-9-15/h4-11H,12H2,1-3H3,(H,21,24)(H,22,26). The number of anilines is 1. The van der Waals surface area contributed by atoms with Crippen molar-refractivity contribution in [1.82, 2.24) is 10.2 Å². The molecule has 2 aromatic carbocycles. The van der Waals surface area contributed by atoms with Crippen molar-refractivity contribution in [1.29, 1.82) is 0 Å². The largest absolute Gasteiger partial charge is 0.325 e. The number of hydrogen-bond acceptors (Lipinski definition) is 4. The van der Waals surface area contributed by atoms with Crippen LogP contribution in [0.1, 0.15) is 18.1 Å². The Labute approximate surface area is 162 Å². The van der Waals surface area contributed by atoms with E-state index in [0.717, 1.165) is 15.4 Å². The van der Waals surface area contributed by atoms with E-state index in [4.69, 9.17) is 0 Å². The molecule has 1 aliphatic heterocycles. The molecule has 0 aromatic heterocycles. The molecule has 4 amide bonds. The summed E-state index contributed by atoms with van der Waals surface area (Å²) < 4.78 is 0. The molecule has 2 N–H and O–H groups in total. The van der Waals surface area contributed by atoms with Gasteiger partial charge in [0.25, 0.3) is 5.91 Å². The van der Waals surface area contributed by atoms with Gasteiger partial charge in [-0.2, -0.15) is 0 Å². The molecule has 1 fully saturated rings. The molecule has 140 valence electrons. The number of thioether (sulfide) groups is 1. The Morgan fingerprint density at radius 2 is 1.74 bits per heavy atom. The highest BCUT2D eigenvalue weighted by Crippen LogP contribution is 2.29. The van der Waals surface area contributed by atoms with Crippen LogP contribution in [0.5, 0.6) is 0 Å². The predicted octanol–water partition coefficient (Wildman–Crippen LogP) is 3.12. The topological polar surface area (TPSA) is 78.5 Å². The summed E-state index contributed by atoms with van der Waals surface area (Å²) in [5.74, 6) is -0.868. The molecule has 3 rings (SSSR count). The summed E-state index contributed by atoms with van der Waals surface area (Å²) >= 11 is 1.60. The molecule has 0 spiro atoms. The summed E-state index contributed by atoms with van der Waals surface area (Å²) in [6.45, 7) is 3.26. The second-order valence-corrected chi connectivity index (χ2v) is 7.47. The number of imide groups is 1. The predicted molar refractivity (Wildman–Crippen MR) is 106 cm³/mol. The first-order valence-corrected chi connectivity index (χ1v) is 9.71. The molecule has 1 saturated heterocycles. The van der Waals surface area contributed by atoms with E-state index in [1.807, 2.05) is 49.6 Å². The SMILES string of the molecule is CSc1ccc(NC(=O)CN2C(=O)NC(C)(c3ccc(C)cc3)C2=O)cc1. The van der Waals surface area contributed by atoms with Crippen molar-refractivity contribution in [2.75, 3.05) is 18.1 Å². The lowest BCUT2D eigenvalue weighted by Gasteiger charge is -2.22. The van der Waals surface area contributed by atoms with E-state index >= 15 is 0 Å². The van der Waals surface area contributed by atoms with Gasteiger partial charge in [0.05, 0.1) is 0 Å². The van der Waals surface area contributed by atoms with Crippen LogP contribution in [-0.2, 0) is 15.1 Å². The van der Waals surface area contributed by atoms with Crippen molar-refractivity contribution >= 4 is 35.3 Å². The Hall–Kier alpha value is -2.80. The number of nitrogens with zero attached hydrogens (tertiary/aromatic N) is 1. The van der Waals surface area contributed by atoms with Crippen LogP contribution in [0.15, 0.2) is 53.4 Å². The molecule has 2 aromatic rings. The minimum absolute atomic E-state index is 0.337. The van der Waals surface area contributed by atoms with Gasteiger partial charge in [-0.25, -0.2) is 4.79 Å². The van der Waals surface area contributed by atoms with Gasteiger partial charge in [-0.1, -0.05) is 29.8 Å². The number of hydrogen-bond donors (Lipinski definition) is 2. The maximum absolute atomic E-state index is 12.9. The molecule has 1 heterocycles. The van der Waals surface area contributed by atoms with E-state index in [9.17, 15) is 14.4 Å². The number of carbonyl (C=O) groups excluding carboxylic acids is 3. The van der Waals surface area contributed by atoms with Crippen LogP contribution in [0.4, 0.5) is 10.5 Å². The zero-order chi connectivity index (χ0) is 19.6. The van der Waals surface area contributed by atoms with Gasteiger partial charge in [0, 0.05) is 10.6 Å². The summed E-state index contributed by atoms with van der Waals surface area (Å²) in [6.07, 6.45) is 1.97. The Kier molecular flexibility index (Phi) is 5.23. The smallest absolute Gasteiger partial charge is 0.325 e. The Bertz CT molecular complexity index is 880. The van der Waals surface area contributed by atoms with E-state index in [1.165, 1.54) is 0 Å². The third-order valence-corrected chi connectivity index (χ3v) is 5.32. The summed E-state index contributed by atoms with van der Waals surface area (Å²) in [7, 11) is 0. The molecule has 1 unspecified atom stereocenters. The molecule has 0 radical (unpaired) electrons. The van der Waals surface area contributed by atoms with Crippen LogP contribution in [0.25, 0.3) is 0 Å². The van der Waals surface area contributed by atoms with Gasteiger partial charge in [-0.05, 0) is 49.9 Å². The molecule has 6 nitrogen and oxygen atoms in total. The molecule has 0 saturated carbocycles. The minimum Gasteiger partial charge on any atom is -0.325 e. The molecule has 7 heteroatoms. The van der Waals surface area contributed by atoms with Crippen molar-refractivity contribution in [3.05, 3.63) is 59.7 Å². The van der Waals surface area contributed by atoms with E-state index in [-0.39, 0.29) is 6.54 Å². The van der Waals surface area contributed by atoms with Gasteiger partial charge >= 0.3 is 6.03 Å². The van der Waals surface area contributed by atoms with Crippen molar-refractivity contribution < 1.29 is 14.4 Å². The normalized spacial score (nSPS) is 19.1. The van der Waals surface area contributed by atoms with Crippen LogP contribution in [0.2, 0.25) is 0 Å². The van der Waals surface area contributed by atoms with Crippen molar-refractivity contribution in [3.8, 4) is 0 Å². The number of rotatable bonds is 5. The lowest BCUT2D eigenvalue weighted by atomic mass is 9.91. The lowest BCUT2D eigenvalue weighted by Crippen LogP contribution is -2.42. The van der Waals surface area contributed by atoms with E-state index in [1.54, 1.807) is 30.8 Å². The minimum atomic E-state index is -1.18. The third-order valence-electron chi connectivity index (χ3n) is 4.58. The zero-order valence-electron chi connectivity index (χ0n) is 15.4. The van der Waals surface area contributed by atoms with Gasteiger partial charge in [-0.15, -0.1) is 11.8 Å². The van der Waals surface area contributed by atoms with Gasteiger partial charge in [0.1, 0.15) is 12.1 Å². The quantitative estimate of drug-likeness (QED) is 0.614. The third kappa shape index (κ3) is 3.83. The first kappa shape index (κ1) is 19.0. The lowest BCUT2D eigenvalue weighted by molar-refractivity contribution is -0.133. The fourth-order valence-corrected chi connectivity index (χ4v) is 3.35. The molecule has 27 heavy (non-hydrogen) atoms. The monoisotopic (exact) mass is 383 g/mol. The maximum Gasteiger partial charge on any atom is 0.325 e. The van der Waals surface area contributed by atoms with Crippen LogP contribution < -0.4 is 10.6 Å². The maximum atomic E-state index is 12.9. The van der Waals surface area contributed by atoms with Crippen LogP contribution in [0, 0.1) is 6.92 Å². The molecular formula is C20H21N3O3S. The van der Waals surface area contributed by atoms with Gasteiger partial charge < -0.3 is 10.6 Å². The Morgan fingerprint density at radius 3 is 2.33 bits per heavy atom. The van der Waals surface area contributed by atoms with Crippen molar-refractivity contribution in [3.63, 3.8) is 0 Å². The average Bonchev–Trinajstić information content (AvgIpc) is 2.87. The highest BCUT2D eigenvalue weighted by Gasteiger charge is 2.49. The number of aryl methyl sites for hydroxylation is 1. The van der Waals surface area contributed by atoms with Gasteiger partial charge in [0.2, 0.25) is 5.91 Å². The zero-order valence-corrected chi connectivity index (χ0v) is 16.2. The fraction of sp³-hybridized carbons (Fsp3) is 0.250. The number of benzene rings is 2. The van der Waals surface area contributed by atoms with Crippen LogP contribution >= 0.6 is 11.8 Å². The highest BCUT2D eigenvalue weighted by atomic mass is 32.2. The van der Waals surface area contributed by atoms with Crippen LogP contribution in [-0.4, -0.2) is 35.5 Å². The summed E-state index contributed by atoms with van der Waals surface area (Å²) in [4.78, 5) is 39.5. The Balaban J connectivity index is 1.71. The van der Waals surface area contributed by atoms with Gasteiger partial charge in [-0.3, -0.25) is 14.5 Å². The summed E-state index contributed by atoms with van der Waals surface area (Å²) in [6, 6.07) is 14.2. The highest BCUT2D eigenvalue weighted by molar-refractivity contribution is 7.98. The first-order valence-electron chi connectivity index (χ1n) is 8.48. The number of nitrogens with one attached hydrogen (secondary N) is 2. The summed E-state index contributed by atoms with van der Waals surface area (Å²) in [5.41, 5.74) is 1.18. The van der Waals surface area contributed by atoms with E-state index < -0.39 is 23.4 Å². The molecule has 1 atom stereocenters. The number of carbonyl (C=O) groups is 3. The summed E-state index contributed by atoms with van der Waals surface area (Å²) in [5, 5.41) is 5.42. The molecule has 0 bridgehead atoms. The molecule has 1 aliphatic rings. The fourth-order valence-electron chi connectivity index (χ4n) is 2.94. The van der Waals surface area contributed by atoms with Crippen LogP contribution in [0.3, 0.4) is 0 Å². The Morgan fingerprint density at radius 1 is 1.11 bits per heavy atom. The second kappa shape index (κ2) is 7.44. The van der Waals surface area contributed by atoms with Gasteiger partial charge in [0.15, 0.2) is 0 Å². The van der Waals surface area contributed by atoms with Crippen molar-refractivity contribution in [2.45, 2.75) is 24.3 Å². The number of urea groups is 1. The molecule has 0 aliphatic carbocycles. The number of amides is 4. The average molecular weight is 383 g/mol. The van der Waals surface area contributed by atoms with Crippen molar-refractivity contribution in [2.24, 2.45) is 0 Å². The van der Waals surface area contributed by atoms with E-state index in [2.05, 4.69) is 10.6 Å². The second-order valence-electron chi connectivity index (χ2n) is 6.59. The molecular weight excluding hydrogens is 362 g/mol. The first-order chi connectivity index (χ1) is 12.8. The van der Waals surface area contributed by atoms with E-state index in [0.29, 0.717) is 11.3 Å².